The minimum Gasteiger partial charge on any atom is -0.311 e. The van der Waals surface area contributed by atoms with Crippen molar-refractivity contribution in [2.24, 2.45) is 0 Å². The van der Waals surface area contributed by atoms with E-state index in [1.807, 2.05) is 36.4 Å². The van der Waals surface area contributed by atoms with Crippen molar-refractivity contribution in [3.05, 3.63) is 308 Å². The van der Waals surface area contributed by atoms with Crippen LogP contribution in [0.15, 0.2) is 297 Å². The highest BCUT2D eigenvalue weighted by molar-refractivity contribution is 7.00. The van der Waals surface area contributed by atoms with Gasteiger partial charge in [0.25, 0.3) is 6.71 Å². The highest BCUT2D eigenvalue weighted by atomic mass is 15.2. The second-order valence-electron chi connectivity index (χ2n) is 27.3. The molecule has 2 aliphatic rings. The summed E-state index contributed by atoms with van der Waals surface area (Å²) in [4.78, 5) is 31.8. The minimum absolute atomic E-state index is 0.0107. The molecule has 0 saturated heterocycles. The number of benzene rings is 12. The van der Waals surface area contributed by atoms with Gasteiger partial charge >= 0.3 is 0 Å². The summed E-state index contributed by atoms with van der Waals surface area (Å²) in [5.74, 6) is 2.33. The zero-order valence-electron chi connectivity index (χ0n) is 54.4. The van der Waals surface area contributed by atoms with Gasteiger partial charge in [0.2, 0.25) is 0 Å². The molecular formula is C87H67BN8. The van der Waals surface area contributed by atoms with E-state index >= 15 is 0 Å². The van der Waals surface area contributed by atoms with Crippen LogP contribution in [0.25, 0.3) is 107 Å². The van der Waals surface area contributed by atoms with E-state index in [1.165, 1.54) is 49.7 Å². The Morgan fingerprint density at radius 3 is 1.17 bits per heavy atom. The zero-order chi connectivity index (χ0) is 64.8. The number of hydrogen-bond acceptors (Lipinski definition) is 7. The zero-order valence-corrected chi connectivity index (χ0v) is 54.4. The quantitative estimate of drug-likeness (QED) is 0.126. The maximum absolute atomic E-state index is 5.73. The Hall–Kier alpha value is -11.8. The van der Waals surface area contributed by atoms with E-state index in [0.717, 1.165) is 95.4 Å². The molecule has 0 aliphatic carbocycles. The SMILES string of the molecule is CC(C)(C)c1ccc2c(c1)c1cc(C(C)(C)C)ccc1n2-c1ccc(-c2nc(-c3ccccc3)nc(-c3ccccc3)n2)cc1-c1cc(-c2ccccc2)nc(-c2ccc(-c3cc4c5c(c3)N(c3ccccc3)c3ccccc3B5c3ccccc3N4c3ccccc3)cc2)n1. The second-order valence-corrected chi connectivity index (χ2v) is 27.3. The molecule has 3 aromatic heterocycles. The molecule has 0 N–H and O–H groups in total. The third-order valence-electron chi connectivity index (χ3n) is 19.2. The Kier molecular flexibility index (Phi) is 13.9. The van der Waals surface area contributed by atoms with Crippen molar-refractivity contribution < 1.29 is 0 Å². The summed E-state index contributed by atoms with van der Waals surface area (Å²) in [7, 11) is 0. The van der Waals surface area contributed by atoms with Crippen molar-refractivity contribution in [2.75, 3.05) is 9.80 Å². The van der Waals surface area contributed by atoms with Gasteiger partial charge in [-0.25, -0.2) is 24.9 Å². The normalized spacial score (nSPS) is 12.6. The number of fused-ring (bicyclic) bond motifs is 7. The van der Waals surface area contributed by atoms with Crippen LogP contribution >= 0.6 is 0 Å². The van der Waals surface area contributed by atoms with E-state index in [1.54, 1.807) is 0 Å². The van der Waals surface area contributed by atoms with Gasteiger partial charge in [0.15, 0.2) is 23.3 Å². The van der Waals surface area contributed by atoms with E-state index < -0.39 is 0 Å². The Morgan fingerprint density at radius 2 is 0.677 bits per heavy atom. The highest BCUT2D eigenvalue weighted by Gasteiger charge is 2.43. The molecule has 458 valence electrons. The molecule has 0 saturated carbocycles. The van der Waals surface area contributed by atoms with E-state index in [2.05, 4.69) is 317 Å². The average molecular weight is 1240 g/mol. The van der Waals surface area contributed by atoms with E-state index in [9.17, 15) is 0 Å². The molecule has 96 heavy (non-hydrogen) atoms. The summed E-state index contributed by atoms with van der Waals surface area (Å²) in [5.41, 5.74) is 25.3. The van der Waals surface area contributed by atoms with Crippen LogP contribution in [-0.2, 0) is 10.8 Å². The maximum atomic E-state index is 5.73. The van der Waals surface area contributed by atoms with Crippen molar-refractivity contribution in [1.29, 1.82) is 0 Å². The molecule has 12 aromatic carbocycles. The molecule has 0 radical (unpaired) electrons. The van der Waals surface area contributed by atoms with E-state index in [0.29, 0.717) is 23.3 Å². The van der Waals surface area contributed by atoms with Crippen LogP contribution in [0.3, 0.4) is 0 Å². The molecule has 17 rings (SSSR count). The van der Waals surface area contributed by atoms with Gasteiger partial charge in [-0.15, -0.1) is 0 Å². The Morgan fingerprint density at radius 1 is 0.281 bits per heavy atom. The summed E-state index contributed by atoms with van der Waals surface area (Å²) >= 11 is 0. The fourth-order valence-corrected chi connectivity index (χ4v) is 14.3. The van der Waals surface area contributed by atoms with Crippen molar-refractivity contribution in [1.82, 2.24) is 29.5 Å². The predicted octanol–water partition coefficient (Wildman–Crippen LogP) is 20.1. The Labute approximate surface area is 560 Å². The fraction of sp³-hybridized carbons (Fsp3) is 0.0920. The molecule has 0 spiro atoms. The monoisotopic (exact) mass is 1230 g/mol. The topological polar surface area (TPSA) is 75.9 Å². The first-order valence-corrected chi connectivity index (χ1v) is 33.1. The van der Waals surface area contributed by atoms with Crippen molar-refractivity contribution in [3.63, 3.8) is 0 Å². The average Bonchev–Trinajstić information content (AvgIpc) is 0.829. The summed E-state index contributed by atoms with van der Waals surface area (Å²) in [6, 6.07) is 107. The van der Waals surface area contributed by atoms with Crippen LogP contribution in [0.2, 0.25) is 0 Å². The molecule has 0 bridgehead atoms. The van der Waals surface area contributed by atoms with Crippen LogP contribution in [0.1, 0.15) is 52.7 Å². The van der Waals surface area contributed by atoms with Gasteiger partial charge in [0.05, 0.1) is 28.1 Å². The fourth-order valence-electron chi connectivity index (χ4n) is 14.3. The molecule has 8 nitrogen and oxygen atoms in total. The van der Waals surface area contributed by atoms with E-state index in [4.69, 9.17) is 24.9 Å². The lowest BCUT2D eigenvalue weighted by Gasteiger charge is -2.44. The number of rotatable bonds is 10. The lowest BCUT2D eigenvalue weighted by Crippen LogP contribution is -2.61. The van der Waals surface area contributed by atoms with Gasteiger partial charge in [-0.1, -0.05) is 242 Å². The highest BCUT2D eigenvalue weighted by Crippen LogP contribution is 2.47. The second kappa shape index (κ2) is 23.0. The maximum Gasteiger partial charge on any atom is 0.252 e. The molecule has 0 unspecified atom stereocenters. The van der Waals surface area contributed by atoms with Gasteiger partial charge in [0, 0.05) is 78.3 Å². The lowest BCUT2D eigenvalue weighted by atomic mass is 9.33. The van der Waals surface area contributed by atoms with Crippen molar-refractivity contribution >= 4 is 79.0 Å². The summed E-state index contributed by atoms with van der Waals surface area (Å²) in [5, 5.41) is 2.39. The number of para-hydroxylation sites is 4. The molecule has 0 fully saturated rings. The first-order chi connectivity index (χ1) is 46.9. The molecule has 15 aromatic rings. The van der Waals surface area contributed by atoms with Crippen LogP contribution in [-0.4, -0.2) is 36.2 Å². The van der Waals surface area contributed by atoms with Gasteiger partial charge in [0.1, 0.15) is 0 Å². The standard InChI is InChI=1S/C87H67BN8/c1-86(2,3)63-45-48-74-67(53-63)68-54-64(87(4,5)6)46-49-75(68)96(74)76-47-44-61(85-92-83(58-28-14-8-15-29-58)91-84(93-85)59-30-16-9-17-31-59)50-69(76)73-55-72(57-26-12-7-13-27-57)89-82(90-73)60-42-40-56(41-43-60)62-51-79-81-80(52-62)95(66-34-20-11-21-35-66)78-39-25-23-37-71(78)88(81)70-36-22-24-38-77(70)94(79)65-32-18-10-19-33-65/h7-55H,1-6H3. The van der Waals surface area contributed by atoms with Gasteiger partial charge < -0.3 is 14.4 Å². The third-order valence-corrected chi connectivity index (χ3v) is 19.2. The molecule has 9 heteroatoms. The first-order valence-electron chi connectivity index (χ1n) is 33.1. The number of anilines is 6. The minimum atomic E-state index is -0.0741. The number of aromatic nitrogens is 6. The van der Waals surface area contributed by atoms with Crippen LogP contribution in [0, 0.1) is 0 Å². The number of nitrogens with zero attached hydrogens (tertiary/aromatic N) is 8. The van der Waals surface area contributed by atoms with Crippen LogP contribution in [0.5, 0.6) is 0 Å². The smallest absolute Gasteiger partial charge is 0.252 e. The third kappa shape index (κ3) is 10.1. The molecular weight excluding hydrogens is 1170 g/mol. The van der Waals surface area contributed by atoms with Crippen molar-refractivity contribution in [2.45, 2.75) is 52.4 Å². The summed E-state index contributed by atoms with van der Waals surface area (Å²) in [6.07, 6.45) is 0. The lowest BCUT2D eigenvalue weighted by molar-refractivity contribution is 0.590. The largest absolute Gasteiger partial charge is 0.311 e. The molecule has 0 amide bonds. The van der Waals surface area contributed by atoms with Gasteiger partial charge in [-0.2, -0.15) is 0 Å². The van der Waals surface area contributed by atoms with Gasteiger partial charge in [-0.3, -0.25) is 0 Å². The van der Waals surface area contributed by atoms with Gasteiger partial charge in [-0.05, 0) is 147 Å². The first kappa shape index (κ1) is 58.0. The van der Waals surface area contributed by atoms with Crippen LogP contribution in [0.4, 0.5) is 34.1 Å². The molecule has 2 aliphatic heterocycles. The summed E-state index contributed by atoms with van der Waals surface area (Å²) in [6.45, 7) is 13.8. The predicted molar refractivity (Wildman–Crippen MR) is 399 cm³/mol. The molecule has 5 heterocycles. The Bertz CT molecular complexity index is 5250. The van der Waals surface area contributed by atoms with Crippen LogP contribution < -0.4 is 26.2 Å². The molecule has 0 atom stereocenters. The van der Waals surface area contributed by atoms with E-state index in [-0.39, 0.29) is 17.5 Å². The van der Waals surface area contributed by atoms with Crippen molar-refractivity contribution in [3.8, 4) is 84.9 Å². The summed E-state index contributed by atoms with van der Waals surface area (Å²) < 4.78 is 2.43. The Balaban J connectivity index is 0.876. The number of hydrogen-bond donors (Lipinski definition) is 0.